The smallest absolute Gasteiger partial charge is 0.192 e. The summed E-state index contributed by atoms with van der Waals surface area (Å²) in [5, 5.41) is 12.3. The maximum atomic E-state index is 11.5. The molecule has 0 amide bonds. The van der Waals surface area contributed by atoms with Crippen LogP contribution in [-0.2, 0) is 10.8 Å². The van der Waals surface area contributed by atoms with Gasteiger partial charge in [0, 0.05) is 25.4 Å². The second-order valence-corrected chi connectivity index (χ2v) is 18.4. The first-order valence-electron chi connectivity index (χ1n) is 11.9. The average molecular weight is 600 g/mol. The Kier molecular flexibility index (Phi) is 7.83. The van der Waals surface area contributed by atoms with Crippen molar-refractivity contribution < 1.29 is 9.53 Å². The van der Waals surface area contributed by atoms with E-state index >= 15 is 0 Å². The normalized spacial score (nSPS) is 19.5. The second-order valence-electron chi connectivity index (χ2n) is 12.1. The monoisotopic (exact) mass is 599 g/mol. The Hall–Kier alpha value is -0.473. The van der Waals surface area contributed by atoms with Gasteiger partial charge in [-0.2, -0.15) is 0 Å². The fraction of sp³-hybridized carbons (Fsp3) is 0.593. The predicted octanol–water partition coefficient (Wildman–Crippen LogP) is 8.58. The third-order valence-corrected chi connectivity index (χ3v) is 13.2. The van der Waals surface area contributed by atoms with Gasteiger partial charge in [-0.3, -0.25) is 4.98 Å². The first kappa shape index (κ1) is 27.1. The van der Waals surface area contributed by atoms with Crippen molar-refractivity contribution in [1.82, 2.24) is 4.98 Å². The zero-order valence-corrected chi connectivity index (χ0v) is 25.4. The number of pyridine rings is 1. The fourth-order valence-corrected chi connectivity index (χ4v) is 7.01. The lowest BCUT2D eigenvalue weighted by Gasteiger charge is -2.44. The molecule has 3 nitrogen and oxygen atoms in total. The summed E-state index contributed by atoms with van der Waals surface area (Å²) in [7, 11) is -2.00. The van der Waals surface area contributed by atoms with Gasteiger partial charge in [0.25, 0.3) is 0 Å². The Morgan fingerprint density at radius 3 is 2.27 bits per heavy atom. The van der Waals surface area contributed by atoms with Crippen LogP contribution in [0.25, 0.3) is 0 Å². The number of rotatable bonds is 5. The molecule has 6 heteroatoms. The van der Waals surface area contributed by atoms with Crippen LogP contribution in [0, 0.1) is 8.99 Å². The van der Waals surface area contributed by atoms with Gasteiger partial charge in [0.05, 0.1) is 11.8 Å². The molecule has 0 aliphatic heterocycles. The molecule has 2 aromatic rings. The minimum absolute atomic E-state index is 0.0126. The highest BCUT2D eigenvalue weighted by molar-refractivity contribution is 14.1. The van der Waals surface area contributed by atoms with Gasteiger partial charge >= 0.3 is 0 Å². The van der Waals surface area contributed by atoms with Crippen molar-refractivity contribution in [2.24, 2.45) is 5.41 Å². The highest BCUT2D eigenvalue weighted by Crippen LogP contribution is 2.50. The maximum Gasteiger partial charge on any atom is 0.192 e. The van der Waals surface area contributed by atoms with Crippen LogP contribution in [-0.4, -0.2) is 18.4 Å². The van der Waals surface area contributed by atoms with Gasteiger partial charge in [0.15, 0.2) is 8.32 Å². The van der Waals surface area contributed by atoms with Gasteiger partial charge in [-0.25, -0.2) is 0 Å². The summed E-state index contributed by atoms with van der Waals surface area (Å²) in [6.45, 7) is 20.4. The van der Waals surface area contributed by atoms with E-state index in [1.54, 1.807) is 0 Å². The van der Waals surface area contributed by atoms with E-state index in [9.17, 15) is 5.11 Å². The van der Waals surface area contributed by atoms with Crippen LogP contribution >= 0.6 is 34.2 Å². The first-order chi connectivity index (χ1) is 15.0. The topological polar surface area (TPSA) is 42.4 Å². The van der Waals surface area contributed by atoms with Crippen LogP contribution in [0.1, 0.15) is 101 Å². The van der Waals surface area contributed by atoms with Gasteiger partial charge in [-0.15, -0.1) is 0 Å². The van der Waals surface area contributed by atoms with Crippen molar-refractivity contribution >= 4 is 42.5 Å². The minimum Gasteiger partial charge on any atom is -0.410 e. The third-order valence-electron chi connectivity index (χ3n) is 7.27. The van der Waals surface area contributed by atoms with E-state index in [1.165, 1.54) is 5.56 Å². The number of halogens is 2. The van der Waals surface area contributed by atoms with E-state index in [0.717, 1.165) is 38.9 Å². The molecular weight excluding hydrogens is 561 g/mol. The van der Waals surface area contributed by atoms with Crippen LogP contribution in [0.15, 0.2) is 24.3 Å². The number of fused-ring (bicyclic) bond motifs is 1. The Balaban J connectivity index is 2.21. The molecule has 1 N–H and O–H groups in total. The van der Waals surface area contributed by atoms with E-state index in [2.05, 4.69) is 84.2 Å². The van der Waals surface area contributed by atoms with Gasteiger partial charge in [-0.05, 0) is 82.6 Å². The molecule has 0 saturated heterocycles. The summed E-state index contributed by atoms with van der Waals surface area (Å²) in [5.41, 5.74) is 5.15. The third kappa shape index (κ3) is 5.69. The van der Waals surface area contributed by atoms with Gasteiger partial charge in [-0.1, -0.05) is 72.2 Å². The summed E-state index contributed by atoms with van der Waals surface area (Å²) in [5.74, 6) is 0.200. The molecule has 2 atom stereocenters. The van der Waals surface area contributed by atoms with Crippen molar-refractivity contribution in [1.29, 1.82) is 0 Å². The summed E-state index contributed by atoms with van der Waals surface area (Å²) in [6.07, 6.45) is 1.11. The quantitative estimate of drug-likeness (QED) is 0.276. The molecule has 0 bridgehead atoms. The van der Waals surface area contributed by atoms with Crippen LogP contribution in [0.2, 0.25) is 23.2 Å². The molecule has 0 fully saturated rings. The van der Waals surface area contributed by atoms with E-state index < -0.39 is 14.4 Å². The lowest BCUT2D eigenvalue weighted by molar-refractivity contribution is 0.104. The molecule has 182 valence electrons. The van der Waals surface area contributed by atoms with E-state index in [1.807, 2.05) is 24.3 Å². The van der Waals surface area contributed by atoms with Crippen LogP contribution in [0.5, 0.6) is 0 Å². The van der Waals surface area contributed by atoms with Crippen molar-refractivity contribution in [3.63, 3.8) is 0 Å². The summed E-state index contributed by atoms with van der Waals surface area (Å²) >= 11 is 8.55. The Bertz CT molecular complexity index is 1010. The van der Waals surface area contributed by atoms with Crippen LogP contribution in [0.3, 0.4) is 0 Å². The Morgan fingerprint density at radius 1 is 1.18 bits per heavy atom. The number of aliphatic hydroxyl groups excluding tert-OH is 1. The molecule has 3 rings (SSSR count). The molecule has 1 aromatic carbocycles. The standard InChI is InChI=1S/C27H39ClINO2Si/c1-16(2)24-22(25(31)17-10-12-18(28)13-11-17)23(29)21-19(30-24)14-27(6,7)15-20(21)32-33(8,9)26(3,4)5/h10-13,16,20,25,31H,14-15H2,1-9H3/t20-,25-/m0/s1. The number of nitrogens with zero attached hydrogens (tertiary/aromatic N) is 1. The van der Waals surface area contributed by atoms with E-state index in [4.69, 9.17) is 21.0 Å². The largest absolute Gasteiger partial charge is 0.410 e. The highest BCUT2D eigenvalue weighted by Gasteiger charge is 2.44. The van der Waals surface area contributed by atoms with E-state index in [-0.39, 0.29) is 22.5 Å². The van der Waals surface area contributed by atoms with Gasteiger partial charge < -0.3 is 9.53 Å². The first-order valence-corrected chi connectivity index (χ1v) is 16.2. The molecule has 0 radical (unpaired) electrons. The molecule has 0 saturated carbocycles. The molecule has 1 aliphatic carbocycles. The summed E-state index contributed by atoms with van der Waals surface area (Å²) in [4.78, 5) is 5.22. The number of hydrogen-bond donors (Lipinski definition) is 1. The summed E-state index contributed by atoms with van der Waals surface area (Å²) < 4.78 is 8.14. The van der Waals surface area contributed by atoms with Crippen molar-refractivity contribution in [3.05, 3.63) is 60.9 Å². The predicted molar refractivity (Wildman–Crippen MR) is 150 cm³/mol. The zero-order valence-electron chi connectivity index (χ0n) is 21.5. The highest BCUT2D eigenvalue weighted by atomic mass is 127. The second kappa shape index (κ2) is 9.53. The number of aliphatic hydroxyl groups is 1. The lowest BCUT2D eigenvalue weighted by Crippen LogP contribution is -2.44. The van der Waals surface area contributed by atoms with Crippen molar-refractivity contribution in [2.45, 2.75) is 97.6 Å². The molecule has 1 aliphatic rings. The lowest BCUT2D eigenvalue weighted by atomic mass is 9.74. The molecular formula is C27H39ClINO2Si. The average Bonchev–Trinajstić information content (AvgIpc) is 2.65. The SMILES string of the molecule is CC(C)c1nc2c(c(I)c1[C@@H](O)c1ccc(Cl)cc1)[C@@H](O[Si](C)(C)C(C)(C)C)CC(C)(C)C2. The van der Waals surface area contributed by atoms with Crippen LogP contribution in [0.4, 0.5) is 0 Å². The Labute approximate surface area is 220 Å². The number of aromatic nitrogens is 1. The van der Waals surface area contributed by atoms with Crippen molar-refractivity contribution in [3.8, 4) is 0 Å². The molecule has 0 spiro atoms. The fourth-order valence-electron chi connectivity index (χ4n) is 4.39. The molecule has 1 heterocycles. The number of benzene rings is 1. The van der Waals surface area contributed by atoms with Crippen LogP contribution < -0.4 is 0 Å². The van der Waals surface area contributed by atoms with Gasteiger partial charge in [0.1, 0.15) is 6.10 Å². The van der Waals surface area contributed by atoms with Crippen molar-refractivity contribution in [2.75, 3.05) is 0 Å². The minimum atomic E-state index is -2.00. The Morgan fingerprint density at radius 2 is 1.76 bits per heavy atom. The molecule has 0 unspecified atom stereocenters. The molecule has 33 heavy (non-hydrogen) atoms. The maximum absolute atomic E-state index is 11.5. The zero-order chi connectivity index (χ0) is 24.9. The molecule has 1 aromatic heterocycles. The van der Waals surface area contributed by atoms with Gasteiger partial charge in [0.2, 0.25) is 0 Å². The van der Waals surface area contributed by atoms with E-state index in [0.29, 0.717) is 5.02 Å². The number of hydrogen-bond acceptors (Lipinski definition) is 3. The summed E-state index contributed by atoms with van der Waals surface area (Å²) in [6, 6.07) is 7.47.